The second-order valence-corrected chi connectivity index (χ2v) is 6.56. The number of hydrogen-bond acceptors (Lipinski definition) is 6. The van der Waals surface area contributed by atoms with Crippen LogP contribution in [0.4, 0.5) is 0 Å². The molecule has 7 heteroatoms. The SMILES string of the molecule is Cc1noc(-c2cccs2)c1C(=O)NCC1COC(C)(C)O1. The van der Waals surface area contributed by atoms with Gasteiger partial charge in [-0.2, -0.15) is 0 Å². The summed E-state index contributed by atoms with van der Waals surface area (Å²) in [5.41, 5.74) is 1.05. The quantitative estimate of drug-likeness (QED) is 0.936. The molecule has 1 unspecified atom stereocenters. The van der Waals surface area contributed by atoms with Gasteiger partial charge in [0.1, 0.15) is 11.7 Å². The van der Waals surface area contributed by atoms with Crippen molar-refractivity contribution in [1.82, 2.24) is 10.5 Å². The predicted molar refractivity (Wildman–Crippen MR) is 81.8 cm³/mol. The topological polar surface area (TPSA) is 73.6 Å². The Kier molecular flexibility index (Phi) is 4.03. The monoisotopic (exact) mass is 322 g/mol. The summed E-state index contributed by atoms with van der Waals surface area (Å²) in [5, 5.41) is 8.71. The van der Waals surface area contributed by atoms with Gasteiger partial charge in [-0.1, -0.05) is 11.2 Å². The minimum Gasteiger partial charge on any atom is -0.354 e. The number of nitrogens with zero attached hydrogens (tertiary/aromatic N) is 1. The van der Waals surface area contributed by atoms with Crippen LogP contribution in [0.5, 0.6) is 0 Å². The van der Waals surface area contributed by atoms with Gasteiger partial charge in [0, 0.05) is 6.54 Å². The van der Waals surface area contributed by atoms with Gasteiger partial charge >= 0.3 is 0 Å². The molecule has 0 saturated carbocycles. The highest BCUT2D eigenvalue weighted by Gasteiger charge is 2.33. The molecule has 1 aliphatic rings. The highest BCUT2D eigenvalue weighted by atomic mass is 32.1. The summed E-state index contributed by atoms with van der Waals surface area (Å²) in [6.07, 6.45) is -0.149. The third kappa shape index (κ3) is 3.06. The summed E-state index contributed by atoms with van der Waals surface area (Å²) in [6, 6.07) is 3.81. The Bertz CT molecular complexity index is 663. The first kappa shape index (κ1) is 15.2. The minimum atomic E-state index is -0.593. The summed E-state index contributed by atoms with van der Waals surface area (Å²) in [4.78, 5) is 13.3. The van der Waals surface area contributed by atoms with Crippen LogP contribution >= 0.6 is 11.3 Å². The number of carbonyl (C=O) groups is 1. The van der Waals surface area contributed by atoms with Crippen LogP contribution in [-0.4, -0.2) is 36.1 Å². The van der Waals surface area contributed by atoms with Gasteiger partial charge < -0.3 is 19.3 Å². The van der Waals surface area contributed by atoms with Crippen LogP contribution in [0.25, 0.3) is 10.6 Å². The predicted octanol–water partition coefficient (Wildman–Crippen LogP) is 2.59. The second kappa shape index (κ2) is 5.83. The molecule has 0 radical (unpaired) electrons. The molecule has 118 valence electrons. The number of aromatic nitrogens is 1. The van der Waals surface area contributed by atoms with E-state index in [0.717, 1.165) is 4.88 Å². The Morgan fingerprint density at radius 3 is 3.00 bits per heavy atom. The number of aryl methyl sites for hydroxylation is 1. The molecular formula is C15H18N2O4S. The van der Waals surface area contributed by atoms with Crippen molar-refractivity contribution in [3.8, 4) is 10.6 Å². The first-order valence-electron chi connectivity index (χ1n) is 7.06. The number of rotatable bonds is 4. The van der Waals surface area contributed by atoms with Gasteiger partial charge in [-0.05, 0) is 32.2 Å². The van der Waals surface area contributed by atoms with Crippen molar-refractivity contribution in [2.24, 2.45) is 0 Å². The zero-order chi connectivity index (χ0) is 15.7. The fourth-order valence-electron chi connectivity index (χ4n) is 2.37. The van der Waals surface area contributed by atoms with Gasteiger partial charge in [0.25, 0.3) is 5.91 Å². The van der Waals surface area contributed by atoms with Gasteiger partial charge in [0.15, 0.2) is 11.5 Å². The van der Waals surface area contributed by atoms with Crippen molar-refractivity contribution in [3.05, 3.63) is 28.8 Å². The molecular weight excluding hydrogens is 304 g/mol. The number of amides is 1. The summed E-state index contributed by atoms with van der Waals surface area (Å²) in [6.45, 7) is 6.32. The maximum atomic E-state index is 12.5. The molecule has 22 heavy (non-hydrogen) atoms. The van der Waals surface area contributed by atoms with E-state index >= 15 is 0 Å². The lowest BCUT2D eigenvalue weighted by Gasteiger charge is -2.17. The van der Waals surface area contributed by atoms with Crippen LogP contribution in [0.3, 0.4) is 0 Å². The third-order valence-electron chi connectivity index (χ3n) is 3.39. The average molecular weight is 322 g/mol. The Morgan fingerprint density at radius 1 is 1.55 bits per heavy atom. The lowest BCUT2D eigenvalue weighted by Crippen LogP contribution is -2.34. The van der Waals surface area contributed by atoms with E-state index in [-0.39, 0.29) is 12.0 Å². The number of nitrogens with one attached hydrogen (secondary N) is 1. The molecule has 1 amide bonds. The molecule has 0 aromatic carbocycles. The molecule has 1 saturated heterocycles. The molecule has 1 fully saturated rings. The number of thiophene rings is 1. The van der Waals surface area contributed by atoms with Crippen LogP contribution in [0.1, 0.15) is 29.9 Å². The van der Waals surface area contributed by atoms with E-state index in [1.807, 2.05) is 31.4 Å². The first-order valence-corrected chi connectivity index (χ1v) is 7.94. The van der Waals surface area contributed by atoms with Gasteiger partial charge in [-0.25, -0.2) is 0 Å². The minimum absolute atomic E-state index is 0.149. The van der Waals surface area contributed by atoms with Gasteiger partial charge in [-0.3, -0.25) is 4.79 Å². The maximum absolute atomic E-state index is 12.5. The largest absolute Gasteiger partial charge is 0.354 e. The van der Waals surface area contributed by atoms with Crippen LogP contribution in [0, 0.1) is 6.92 Å². The molecule has 3 rings (SSSR count). The second-order valence-electron chi connectivity index (χ2n) is 5.61. The zero-order valence-corrected chi connectivity index (χ0v) is 13.5. The van der Waals surface area contributed by atoms with E-state index in [9.17, 15) is 4.79 Å². The molecule has 1 aliphatic heterocycles. The van der Waals surface area contributed by atoms with Crippen LogP contribution in [0.15, 0.2) is 22.0 Å². The molecule has 0 aliphatic carbocycles. The van der Waals surface area contributed by atoms with Crippen molar-refractivity contribution in [2.75, 3.05) is 13.2 Å². The number of carbonyl (C=O) groups excluding carboxylic acids is 1. The summed E-state index contributed by atoms with van der Waals surface area (Å²) >= 11 is 1.51. The molecule has 2 aromatic heterocycles. The Balaban J connectivity index is 1.70. The number of hydrogen-bond donors (Lipinski definition) is 1. The van der Waals surface area contributed by atoms with Crippen molar-refractivity contribution in [2.45, 2.75) is 32.7 Å². The maximum Gasteiger partial charge on any atom is 0.257 e. The molecule has 6 nitrogen and oxygen atoms in total. The van der Waals surface area contributed by atoms with Crippen molar-refractivity contribution < 1.29 is 18.8 Å². The van der Waals surface area contributed by atoms with E-state index in [2.05, 4.69) is 10.5 Å². The average Bonchev–Trinajstić information content (AvgIpc) is 3.16. The van der Waals surface area contributed by atoms with Gasteiger partial charge in [0.05, 0.1) is 17.2 Å². The smallest absolute Gasteiger partial charge is 0.257 e. The third-order valence-corrected chi connectivity index (χ3v) is 4.26. The molecule has 2 aromatic rings. The van der Waals surface area contributed by atoms with Crippen LogP contribution in [-0.2, 0) is 9.47 Å². The summed E-state index contributed by atoms with van der Waals surface area (Å²) < 4.78 is 16.5. The molecule has 1 N–H and O–H groups in total. The van der Waals surface area contributed by atoms with Crippen LogP contribution in [0.2, 0.25) is 0 Å². The van der Waals surface area contributed by atoms with E-state index < -0.39 is 5.79 Å². The van der Waals surface area contributed by atoms with E-state index in [1.54, 1.807) is 6.92 Å². The highest BCUT2D eigenvalue weighted by molar-refractivity contribution is 7.13. The van der Waals surface area contributed by atoms with E-state index in [1.165, 1.54) is 11.3 Å². The lowest BCUT2D eigenvalue weighted by atomic mass is 10.1. The highest BCUT2D eigenvalue weighted by Crippen LogP contribution is 2.30. The lowest BCUT2D eigenvalue weighted by molar-refractivity contribution is -0.137. The number of ether oxygens (including phenoxy) is 2. The Hall–Kier alpha value is -1.70. The van der Waals surface area contributed by atoms with E-state index in [4.69, 9.17) is 14.0 Å². The van der Waals surface area contributed by atoms with Crippen molar-refractivity contribution in [3.63, 3.8) is 0 Å². The van der Waals surface area contributed by atoms with E-state index in [0.29, 0.717) is 30.2 Å². The Labute approximate surface area is 132 Å². The van der Waals surface area contributed by atoms with Gasteiger partial charge in [-0.15, -0.1) is 11.3 Å². The fraction of sp³-hybridized carbons (Fsp3) is 0.467. The zero-order valence-electron chi connectivity index (χ0n) is 12.7. The summed E-state index contributed by atoms with van der Waals surface area (Å²) in [5.74, 6) is -0.297. The van der Waals surface area contributed by atoms with Crippen molar-refractivity contribution in [1.29, 1.82) is 0 Å². The molecule has 0 bridgehead atoms. The van der Waals surface area contributed by atoms with Crippen molar-refractivity contribution >= 4 is 17.2 Å². The van der Waals surface area contributed by atoms with Crippen LogP contribution < -0.4 is 5.32 Å². The normalized spacial score (nSPS) is 20.2. The molecule has 0 spiro atoms. The summed E-state index contributed by atoms with van der Waals surface area (Å²) in [7, 11) is 0. The molecule has 1 atom stereocenters. The Morgan fingerprint density at radius 2 is 2.36 bits per heavy atom. The molecule has 3 heterocycles. The standard InChI is InChI=1S/C15H18N2O4S/c1-9-12(13(21-17-9)11-5-4-6-22-11)14(18)16-7-10-8-19-15(2,3)20-10/h4-6,10H,7-8H2,1-3H3,(H,16,18). The fourth-order valence-corrected chi connectivity index (χ4v) is 3.08. The van der Waals surface area contributed by atoms with Gasteiger partial charge in [0.2, 0.25) is 0 Å². The first-order chi connectivity index (χ1) is 10.5.